The molecular formula is C39H30N2. The molecule has 6 aromatic carbocycles. The Hall–Kier alpha value is -5.34. The van der Waals surface area contributed by atoms with Gasteiger partial charge in [-0.25, -0.2) is 0 Å². The van der Waals surface area contributed by atoms with E-state index in [4.69, 9.17) is 0 Å². The molecule has 0 atom stereocenters. The zero-order valence-corrected chi connectivity index (χ0v) is 23.1. The van der Waals surface area contributed by atoms with Crippen molar-refractivity contribution in [1.29, 1.82) is 0 Å². The minimum atomic E-state index is 1.07. The highest BCUT2D eigenvalue weighted by atomic mass is 15.1. The van der Waals surface area contributed by atoms with Crippen LogP contribution in [0.4, 0.5) is 11.4 Å². The van der Waals surface area contributed by atoms with Gasteiger partial charge in [0.2, 0.25) is 0 Å². The van der Waals surface area contributed by atoms with Crippen LogP contribution in [0.1, 0.15) is 11.1 Å². The van der Waals surface area contributed by atoms with E-state index < -0.39 is 0 Å². The van der Waals surface area contributed by atoms with E-state index in [0.717, 1.165) is 22.5 Å². The van der Waals surface area contributed by atoms with Gasteiger partial charge in [-0.2, -0.15) is 0 Å². The molecule has 0 fully saturated rings. The Morgan fingerprint density at radius 2 is 1.17 bits per heavy atom. The molecular weight excluding hydrogens is 496 g/mol. The number of fused-ring (bicyclic) bond motifs is 4. The highest BCUT2D eigenvalue weighted by molar-refractivity contribution is 6.14. The first-order valence-electron chi connectivity index (χ1n) is 13.9. The lowest BCUT2D eigenvalue weighted by molar-refractivity contribution is 1.18. The summed E-state index contributed by atoms with van der Waals surface area (Å²) in [6, 6.07) is 45.8. The maximum Gasteiger partial charge on any atom is 0.0547 e. The average Bonchev–Trinajstić information content (AvgIpc) is 3.35. The van der Waals surface area contributed by atoms with Crippen molar-refractivity contribution < 1.29 is 0 Å². The smallest absolute Gasteiger partial charge is 0.0547 e. The van der Waals surface area contributed by atoms with Gasteiger partial charge in [-0.1, -0.05) is 98.1 Å². The second-order valence-electron chi connectivity index (χ2n) is 10.4. The Morgan fingerprint density at radius 3 is 1.90 bits per heavy atom. The van der Waals surface area contributed by atoms with Gasteiger partial charge in [0, 0.05) is 34.9 Å². The molecule has 196 valence electrons. The van der Waals surface area contributed by atoms with Crippen molar-refractivity contribution >= 4 is 56.1 Å². The number of benzene rings is 6. The molecule has 0 N–H and O–H groups in total. The molecule has 0 aliphatic rings. The first kappa shape index (κ1) is 24.7. The van der Waals surface area contributed by atoms with Crippen LogP contribution in [0.2, 0.25) is 0 Å². The van der Waals surface area contributed by atoms with Crippen molar-refractivity contribution in [3.63, 3.8) is 0 Å². The molecule has 0 spiro atoms. The lowest BCUT2D eigenvalue weighted by atomic mass is 10.0. The fraction of sp³-hybridized carbons (Fsp3) is 0.0256. The summed E-state index contributed by atoms with van der Waals surface area (Å²) in [6.07, 6.45) is 3.79. The van der Waals surface area contributed by atoms with Crippen LogP contribution in [0.3, 0.4) is 0 Å². The van der Waals surface area contributed by atoms with Crippen molar-refractivity contribution in [2.24, 2.45) is 0 Å². The summed E-state index contributed by atoms with van der Waals surface area (Å²) in [5.41, 5.74) is 10.3. The maximum absolute atomic E-state index is 4.06. The molecule has 0 bridgehead atoms. The van der Waals surface area contributed by atoms with Crippen LogP contribution >= 0.6 is 0 Å². The number of anilines is 2. The number of rotatable bonds is 6. The largest absolute Gasteiger partial charge is 0.345 e. The molecule has 7 rings (SSSR count). The van der Waals surface area contributed by atoms with Crippen molar-refractivity contribution in [2.45, 2.75) is 0 Å². The van der Waals surface area contributed by atoms with Gasteiger partial charge in [-0.05, 0) is 87.6 Å². The maximum atomic E-state index is 4.06. The Labute approximate surface area is 240 Å². The van der Waals surface area contributed by atoms with Crippen molar-refractivity contribution in [1.82, 2.24) is 4.57 Å². The third kappa shape index (κ3) is 4.21. The number of nitrogens with zero attached hydrogens (tertiary/aromatic N) is 2. The minimum Gasteiger partial charge on any atom is -0.345 e. The zero-order valence-electron chi connectivity index (χ0n) is 23.1. The molecule has 0 aliphatic carbocycles. The van der Waals surface area contributed by atoms with Crippen LogP contribution in [0.5, 0.6) is 0 Å². The van der Waals surface area contributed by atoms with Gasteiger partial charge in [-0.15, -0.1) is 0 Å². The van der Waals surface area contributed by atoms with E-state index in [1.807, 2.05) is 18.2 Å². The summed E-state index contributed by atoms with van der Waals surface area (Å²) >= 11 is 0. The van der Waals surface area contributed by atoms with E-state index >= 15 is 0 Å². The molecule has 0 aliphatic heterocycles. The molecule has 0 radical (unpaired) electrons. The number of para-hydroxylation sites is 1. The minimum absolute atomic E-state index is 1.07. The van der Waals surface area contributed by atoms with Crippen LogP contribution in [0, 0.1) is 0 Å². The molecule has 2 nitrogen and oxygen atoms in total. The standard InChI is InChI=1S/C39H30N2/c1-4-27-15-21-35(23-28(27)5-2)41-38-26-32(29-16-19-34(20-17-29)40(3)33-13-7-6-8-14-33)18-22-36(38)37-24-30-11-9-10-12-31(30)25-39(37)41/h4-26H,1-2H2,3H3. The SMILES string of the molecule is C=Cc1ccc(-n2c3cc(-c4ccc(N(C)c5ccccc5)cc4)ccc3c3cc4ccccc4cc32)cc1C=C. The van der Waals surface area contributed by atoms with Gasteiger partial charge >= 0.3 is 0 Å². The lowest BCUT2D eigenvalue weighted by Gasteiger charge is -2.19. The second-order valence-corrected chi connectivity index (χ2v) is 10.4. The highest BCUT2D eigenvalue weighted by Gasteiger charge is 2.15. The summed E-state index contributed by atoms with van der Waals surface area (Å²) in [6.45, 7) is 8.05. The quantitative estimate of drug-likeness (QED) is 0.209. The van der Waals surface area contributed by atoms with Gasteiger partial charge in [-0.3, -0.25) is 0 Å². The summed E-state index contributed by atoms with van der Waals surface area (Å²) in [7, 11) is 2.11. The second kappa shape index (κ2) is 10.0. The van der Waals surface area contributed by atoms with E-state index in [-0.39, 0.29) is 0 Å². The predicted molar refractivity (Wildman–Crippen MR) is 178 cm³/mol. The van der Waals surface area contributed by atoms with Crippen LogP contribution in [-0.2, 0) is 0 Å². The Morgan fingerprint density at radius 1 is 0.537 bits per heavy atom. The Kier molecular flexibility index (Phi) is 6.02. The summed E-state index contributed by atoms with van der Waals surface area (Å²) < 4.78 is 2.39. The Balaban J connectivity index is 1.41. The molecule has 1 aromatic heterocycles. The molecule has 41 heavy (non-hydrogen) atoms. The van der Waals surface area contributed by atoms with Crippen molar-refractivity contribution in [2.75, 3.05) is 11.9 Å². The first-order chi connectivity index (χ1) is 20.1. The molecule has 0 saturated heterocycles. The van der Waals surface area contributed by atoms with E-state index in [2.05, 4.69) is 151 Å². The van der Waals surface area contributed by atoms with Gasteiger partial charge in [0.1, 0.15) is 0 Å². The van der Waals surface area contributed by atoms with E-state index in [1.54, 1.807) is 0 Å². The number of hydrogen-bond acceptors (Lipinski definition) is 1. The van der Waals surface area contributed by atoms with E-state index in [1.165, 1.54) is 49.4 Å². The van der Waals surface area contributed by atoms with Gasteiger partial charge in [0.25, 0.3) is 0 Å². The third-order valence-corrected chi connectivity index (χ3v) is 8.13. The summed E-state index contributed by atoms with van der Waals surface area (Å²) in [5.74, 6) is 0. The average molecular weight is 527 g/mol. The highest BCUT2D eigenvalue weighted by Crippen LogP contribution is 2.38. The molecule has 0 unspecified atom stereocenters. The number of hydrogen-bond donors (Lipinski definition) is 0. The van der Waals surface area contributed by atoms with Crippen LogP contribution in [0.15, 0.2) is 141 Å². The fourth-order valence-electron chi connectivity index (χ4n) is 5.90. The third-order valence-electron chi connectivity index (χ3n) is 8.13. The molecule has 2 heteroatoms. The first-order valence-corrected chi connectivity index (χ1v) is 13.9. The summed E-state index contributed by atoms with van der Waals surface area (Å²) in [5, 5.41) is 4.96. The predicted octanol–water partition coefficient (Wildman–Crippen LogP) is 10.7. The molecule has 0 amide bonds. The topological polar surface area (TPSA) is 8.17 Å². The normalized spacial score (nSPS) is 11.2. The van der Waals surface area contributed by atoms with Crippen LogP contribution < -0.4 is 4.90 Å². The summed E-state index contributed by atoms with van der Waals surface area (Å²) in [4.78, 5) is 2.21. The number of aromatic nitrogens is 1. The van der Waals surface area contributed by atoms with Crippen molar-refractivity contribution in [3.05, 3.63) is 152 Å². The molecule has 1 heterocycles. The van der Waals surface area contributed by atoms with E-state index in [9.17, 15) is 0 Å². The van der Waals surface area contributed by atoms with Crippen LogP contribution in [-0.4, -0.2) is 11.6 Å². The molecule has 0 saturated carbocycles. The molecule has 7 aromatic rings. The van der Waals surface area contributed by atoms with Crippen LogP contribution in [0.25, 0.3) is 61.5 Å². The van der Waals surface area contributed by atoms with Gasteiger partial charge in [0.15, 0.2) is 0 Å². The monoisotopic (exact) mass is 526 g/mol. The fourth-order valence-corrected chi connectivity index (χ4v) is 5.90. The van der Waals surface area contributed by atoms with Gasteiger partial charge in [0.05, 0.1) is 11.0 Å². The lowest BCUT2D eigenvalue weighted by Crippen LogP contribution is -2.08. The van der Waals surface area contributed by atoms with E-state index in [0.29, 0.717) is 0 Å². The van der Waals surface area contributed by atoms with Crippen molar-refractivity contribution in [3.8, 4) is 16.8 Å². The zero-order chi connectivity index (χ0) is 27.9. The Bertz CT molecular complexity index is 2080. The van der Waals surface area contributed by atoms with Gasteiger partial charge < -0.3 is 9.47 Å².